The summed E-state index contributed by atoms with van der Waals surface area (Å²) in [6.45, 7) is 4.65. The van der Waals surface area contributed by atoms with Crippen molar-refractivity contribution in [2.75, 3.05) is 41.7 Å². The normalized spacial score (nSPS) is 18.1. The molecule has 7 aromatic rings. The molecule has 3 aliphatic heterocycles. The Bertz CT molecular complexity index is 3250. The number of nitrogens with one attached hydrogen (secondary N) is 3. The number of pyridine rings is 3. The van der Waals surface area contributed by atoms with Gasteiger partial charge in [0, 0.05) is 49.3 Å². The van der Waals surface area contributed by atoms with E-state index in [4.69, 9.17) is 9.72 Å². The van der Waals surface area contributed by atoms with Gasteiger partial charge in [0.1, 0.15) is 23.1 Å². The highest BCUT2D eigenvalue weighted by atomic mass is 32.1. The first-order valence-corrected chi connectivity index (χ1v) is 24.3. The molecular weight excluding hydrogens is 911 g/mol. The number of anilines is 3. The summed E-state index contributed by atoms with van der Waals surface area (Å²) in [6, 6.07) is 22.5. The molecule has 1 atom stereocenters. The van der Waals surface area contributed by atoms with Gasteiger partial charge in [-0.2, -0.15) is 5.10 Å². The number of carboxylic acids is 1. The molecule has 4 N–H and O–H groups in total. The summed E-state index contributed by atoms with van der Waals surface area (Å²) < 4.78 is 9.17. The van der Waals surface area contributed by atoms with E-state index in [1.165, 1.54) is 11.3 Å². The number of likely N-dealkylation sites (tertiary alicyclic amines) is 1. The minimum absolute atomic E-state index is 0.0105. The number of carbonyl (C=O) groups is 5. The number of thiazole rings is 1. The smallest absolute Gasteiger partial charge is 0.355 e. The number of piperidine rings is 2. The number of aromatic carboxylic acids is 1. The van der Waals surface area contributed by atoms with Gasteiger partial charge in [-0.05, 0) is 129 Å². The second-order valence-electron chi connectivity index (χ2n) is 18.8. The maximum absolute atomic E-state index is 13.6. The minimum Gasteiger partial charge on any atom is -0.490 e. The summed E-state index contributed by atoms with van der Waals surface area (Å²) in [4.78, 5) is 86.4. The first kappa shape index (κ1) is 44.8. The molecule has 1 spiro atoms. The van der Waals surface area contributed by atoms with Gasteiger partial charge in [-0.25, -0.2) is 19.7 Å². The number of ether oxygens (including phenoxy) is 1. The van der Waals surface area contributed by atoms with Crippen LogP contribution in [0.25, 0.3) is 32.4 Å². The summed E-state index contributed by atoms with van der Waals surface area (Å²) >= 11 is 1.40. The second-order valence-corrected chi connectivity index (χ2v) is 19.8. The molecule has 70 heavy (non-hydrogen) atoms. The summed E-state index contributed by atoms with van der Waals surface area (Å²) in [7, 11) is 1.74. The lowest BCUT2D eigenvalue weighted by Gasteiger charge is -2.51. The van der Waals surface area contributed by atoms with Crippen LogP contribution in [-0.2, 0) is 34.4 Å². The third kappa shape index (κ3) is 8.59. The fourth-order valence-corrected chi connectivity index (χ4v) is 11.4. The molecule has 2 saturated heterocycles. The number of hydrogen-bond acceptors (Lipinski definition) is 14. The van der Waals surface area contributed by atoms with Crippen LogP contribution in [0.4, 0.5) is 16.8 Å². The van der Waals surface area contributed by atoms with Crippen molar-refractivity contribution < 1.29 is 33.8 Å². The monoisotopic (exact) mass is 959 g/mol. The molecule has 4 amide bonds. The van der Waals surface area contributed by atoms with E-state index in [1.54, 1.807) is 30.1 Å². The highest BCUT2D eigenvalue weighted by Gasteiger charge is 2.47. The Morgan fingerprint density at radius 2 is 1.73 bits per heavy atom. The number of amides is 4. The number of rotatable bonds is 11. The molecule has 0 radical (unpaired) electrons. The maximum atomic E-state index is 13.6. The van der Waals surface area contributed by atoms with Crippen molar-refractivity contribution in [1.82, 2.24) is 39.9 Å². The van der Waals surface area contributed by atoms with E-state index in [9.17, 15) is 29.1 Å². The number of imide groups is 1. The second kappa shape index (κ2) is 18.0. The zero-order valence-electron chi connectivity index (χ0n) is 38.5. The summed E-state index contributed by atoms with van der Waals surface area (Å²) in [5.41, 5.74) is 6.09. The standard InChI is InChI=1S/C51H49N11O7S/c1-28-31(32-11-14-40(56-45(32)49(67)68)62-21-17-29-16-20-52-44(35(29)26-62)48(66)58-50-53-36-7-3-4-9-38(36)70-50)6-5-8-37(28)69-30-24-51(25-30)18-22-61(23-19-51)27-42(64)54-39-13-10-33-43(59-60(2)46(33)55-39)34-12-15-41(63)57-47(34)65/h3-11,13-14,16,20,30,34H,12,15,17-19,21-27H2,1-2H3,(H,67,68)(H,53,58,66)(H,54,55,64)(H,57,63,65). The van der Waals surface area contributed by atoms with Crippen molar-refractivity contribution in [1.29, 1.82) is 0 Å². The van der Waals surface area contributed by atoms with Crippen molar-refractivity contribution in [2.24, 2.45) is 12.5 Å². The van der Waals surface area contributed by atoms with E-state index >= 15 is 0 Å². The third-order valence-corrected chi connectivity index (χ3v) is 15.3. The Balaban J connectivity index is 0.699. The Labute approximate surface area is 405 Å². The fourth-order valence-electron chi connectivity index (χ4n) is 10.6. The third-order valence-electron chi connectivity index (χ3n) is 14.3. The molecule has 1 saturated carbocycles. The van der Waals surface area contributed by atoms with Crippen LogP contribution in [0.5, 0.6) is 5.75 Å². The zero-order valence-corrected chi connectivity index (χ0v) is 39.3. The summed E-state index contributed by atoms with van der Waals surface area (Å²) in [6.07, 6.45) is 6.59. The number of aryl methyl sites for hydroxylation is 1. The summed E-state index contributed by atoms with van der Waals surface area (Å²) in [5.74, 6) is -1.25. The predicted octanol–water partition coefficient (Wildman–Crippen LogP) is 6.64. The number of carboxylic acid groups (broad SMARTS) is 1. The molecule has 8 heterocycles. The Morgan fingerprint density at radius 3 is 2.53 bits per heavy atom. The SMILES string of the molecule is Cc1c(OC2CC3(CCN(CC(=O)Nc4ccc5c(C6CCC(=O)NC6=O)nn(C)c5n4)CC3)C2)cccc1-c1ccc(N2CCc3ccnc(C(=O)Nc4nc5ccccc5s4)c3C2)nc1C(=O)O. The number of para-hydroxylation sites is 1. The van der Waals surface area contributed by atoms with Gasteiger partial charge in [-0.3, -0.25) is 44.4 Å². The summed E-state index contributed by atoms with van der Waals surface area (Å²) in [5, 5.41) is 24.5. The van der Waals surface area contributed by atoms with Crippen LogP contribution in [0.1, 0.15) is 87.8 Å². The highest BCUT2D eigenvalue weighted by Crippen LogP contribution is 2.51. The Morgan fingerprint density at radius 1 is 0.900 bits per heavy atom. The molecule has 18 nitrogen and oxygen atoms in total. The lowest BCUT2D eigenvalue weighted by atomic mass is 9.61. The highest BCUT2D eigenvalue weighted by molar-refractivity contribution is 7.22. The van der Waals surface area contributed by atoms with Crippen LogP contribution in [0, 0.1) is 12.3 Å². The molecule has 5 aromatic heterocycles. The lowest BCUT2D eigenvalue weighted by molar-refractivity contribution is -0.134. The zero-order chi connectivity index (χ0) is 48.3. The molecule has 19 heteroatoms. The number of fused-ring (bicyclic) bond motifs is 3. The Hall–Kier alpha value is -7.64. The minimum atomic E-state index is -1.15. The van der Waals surface area contributed by atoms with Gasteiger partial charge in [-0.1, -0.05) is 35.6 Å². The molecule has 356 valence electrons. The van der Waals surface area contributed by atoms with Crippen LogP contribution < -0.4 is 25.6 Å². The Kier molecular flexibility index (Phi) is 11.5. The van der Waals surface area contributed by atoms with E-state index in [0.29, 0.717) is 76.4 Å². The van der Waals surface area contributed by atoms with Crippen LogP contribution in [0.15, 0.2) is 79.0 Å². The van der Waals surface area contributed by atoms with Gasteiger partial charge in [0.2, 0.25) is 17.7 Å². The molecule has 1 aliphatic carbocycles. The van der Waals surface area contributed by atoms with E-state index in [-0.39, 0.29) is 53.8 Å². The van der Waals surface area contributed by atoms with Gasteiger partial charge >= 0.3 is 5.97 Å². The average Bonchev–Trinajstić information content (AvgIpc) is 3.90. The van der Waals surface area contributed by atoms with Crippen molar-refractivity contribution >= 4 is 79.0 Å². The van der Waals surface area contributed by atoms with E-state index < -0.39 is 11.9 Å². The molecule has 11 rings (SSSR count). The van der Waals surface area contributed by atoms with Gasteiger partial charge < -0.3 is 20.1 Å². The number of benzene rings is 2. The average molecular weight is 960 g/mol. The number of nitrogens with zero attached hydrogens (tertiary/aromatic N) is 8. The molecule has 3 fully saturated rings. The van der Waals surface area contributed by atoms with Crippen molar-refractivity contribution in [3.8, 4) is 16.9 Å². The van der Waals surface area contributed by atoms with Crippen LogP contribution in [0.2, 0.25) is 0 Å². The molecular formula is C51H49N11O7S. The first-order valence-electron chi connectivity index (χ1n) is 23.5. The molecule has 0 bridgehead atoms. The van der Waals surface area contributed by atoms with Crippen LogP contribution in [-0.4, -0.2) is 102 Å². The quantitative estimate of drug-likeness (QED) is 0.0998. The molecule has 4 aliphatic rings. The van der Waals surface area contributed by atoms with Gasteiger partial charge in [-0.15, -0.1) is 0 Å². The predicted molar refractivity (Wildman–Crippen MR) is 262 cm³/mol. The van der Waals surface area contributed by atoms with Gasteiger partial charge in [0.05, 0.1) is 34.5 Å². The number of carbonyl (C=O) groups excluding carboxylic acids is 4. The maximum Gasteiger partial charge on any atom is 0.355 e. The van der Waals surface area contributed by atoms with Gasteiger partial charge in [0.15, 0.2) is 16.5 Å². The molecule has 1 unspecified atom stereocenters. The van der Waals surface area contributed by atoms with Crippen molar-refractivity contribution in [3.05, 3.63) is 113 Å². The van der Waals surface area contributed by atoms with Crippen molar-refractivity contribution in [3.63, 3.8) is 0 Å². The fraction of sp³-hybridized carbons (Fsp3) is 0.333. The van der Waals surface area contributed by atoms with E-state index in [1.807, 2.05) is 72.5 Å². The number of aromatic nitrogens is 6. The lowest BCUT2D eigenvalue weighted by Crippen LogP contribution is -2.51. The van der Waals surface area contributed by atoms with E-state index in [0.717, 1.165) is 71.2 Å². The first-order chi connectivity index (χ1) is 33.9. The van der Waals surface area contributed by atoms with Crippen LogP contribution >= 0.6 is 11.3 Å². The van der Waals surface area contributed by atoms with Gasteiger partial charge in [0.25, 0.3) is 5.91 Å². The topological polar surface area (TPSA) is 227 Å². The van der Waals surface area contributed by atoms with E-state index in [2.05, 4.69) is 40.9 Å². The number of hydrogen-bond donors (Lipinski definition) is 4. The molecule has 2 aromatic carbocycles. The van der Waals surface area contributed by atoms with Crippen molar-refractivity contribution in [2.45, 2.75) is 70.4 Å². The largest absolute Gasteiger partial charge is 0.490 e. The van der Waals surface area contributed by atoms with Crippen LogP contribution in [0.3, 0.4) is 0 Å².